The molecule has 1 unspecified atom stereocenters. The van der Waals surface area contributed by atoms with Crippen LogP contribution in [-0.2, 0) is 13.9 Å². The summed E-state index contributed by atoms with van der Waals surface area (Å²) in [5.74, 6) is 0.0490. The van der Waals surface area contributed by atoms with Crippen LogP contribution in [0.1, 0.15) is 24.0 Å². The molecule has 1 aromatic rings. The minimum absolute atomic E-state index is 0.188. The van der Waals surface area contributed by atoms with Crippen LogP contribution in [0, 0.1) is 0 Å². The molecule has 4 heteroatoms. The van der Waals surface area contributed by atoms with Crippen LogP contribution in [0.5, 0.6) is 0 Å². The lowest BCUT2D eigenvalue weighted by atomic mass is 9.96. The Morgan fingerprint density at radius 1 is 1.28 bits per heavy atom. The average Bonchev–Trinajstić information content (AvgIpc) is 2.43. The van der Waals surface area contributed by atoms with E-state index in [4.69, 9.17) is 13.9 Å². The van der Waals surface area contributed by atoms with Gasteiger partial charge in [-0.15, -0.1) is 0 Å². The number of rotatable bonds is 8. The van der Waals surface area contributed by atoms with Gasteiger partial charge in [0, 0.05) is 26.7 Å². The number of hydrogen-bond acceptors (Lipinski definition) is 3. The van der Waals surface area contributed by atoms with E-state index in [-0.39, 0.29) is 15.7 Å². The van der Waals surface area contributed by atoms with Crippen LogP contribution < -0.4 is 0 Å². The van der Waals surface area contributed by atoms with Gasteiger partial charge in [0.05, 0.1) is 0 Å². The van der Waals surface area contributed by atoms with E-state index in [1.807, 2.05) is 18.2 Å². The highest BCUT2D eigenvalue weighted by atomic mass is 28.2. The zero-order chi connectivity index (χ0) is 13.4. The smallest absolute Gasteiger partial charge is 0.299 e. The van der Waals surface area contributed by atoms with Crippen molar-refractivity contribution in [2.45, 2.75) is 18.8 Å². The summed E-state index contributed by atoms with van der Waals surface area (Å²) in [5, 5.41) is 0. The maximum atomic E-state index is 5.64. The molecule has 0 N–H and O–H groups in total. The maximum absolute atomic E-state index is 5.64. The maximum Gasteiger partial charge on any atom is 0.299 e. The zero-order valence-electron chi connectivity index (χ0n) is 11.2. The Labute approximate surface area is 112 Å². The van der Waals surface area contributed by atoms with E-state index in [9.17, 15) is 0 Å². The second-order valence-electron chi connectivity index (χ2n) is 3.97. The topological polar surface area (TPSA) is 27.7 Å². The van der Waals surface area contributed by atoms with E-state index < -0.39 is 0 Å². The summed E-state index contributed by atoms with van der Waals surface area (Å²) in [6.07, 6.45) is 1.88. The molecule has 0 aromatic heterocycles. The van der Waals surface area contributed by atoms with Crippen LogP contribution >= 0.6 is 0 Å². The van der Waals surface area contributed by atoms with Gasteiger partial charge in [-0.2, -0.15) is 0 Å². The summed E-state index contributed by atoms with van der Waals surface area (Å²) in [6.45, 7) is 6.62. The fourth-order valence-corrected chi connectivity index (χ4v) is 2.34. The Bertz CT molecular complexity index is 364. The molecule has 0 spiro atoms. The fourth-order valence-electron chi connectivity index (χ4n) is 1.67. The summed E-state index contributed by atoms with van der Waals surface area (Å²) in [7, 11) is 3.41. The van der Waals surface area contributed by atoms with Crippen molar-refractivity contribution in [3.8, 4) is 0 Å². The molecule has 3 nitrogen and oxygen atoms in total. The highest BCUT2D eigenvalue weighted by molar-refractivity contribution is 6.28. The molecule has 0 bridgehead atoms. The van der Waals surface area contributed by atoms with Crippen molar-refractivity contribution in [3.05, 3.63) is 42.0 Å². The first-order chi connectivity index (χ1) is 8.72. The minimum Gasteiger partial charge on any atom is -0.412 e. The van der Waals surface area contributed by atoms with Crippen LogP contribution in [0.4, 0.5) is 0 Å². The Morgan fingerprint density at radius 2 is 1.94 bits per heavy atom. The van der Waals surface area contributed by atoms with Gasteiger partial charge >= 0.3 is 0 Å². The monoisotopic (exact) mass is 264 g/mol. The molecule has 0 amide bonds. The van der Waals surface area contributed by atoms with Gasteiger partial charge < -0.3 is 13.9 Å². The molecule has 0 heterocycles. The van der Waals surface area contributed by atoms with Crippen molar-refractivity contribution in [3.63, 3.8) is 0 Å². The van der Waals surface area contributed by atoms with E-state index in [2.05, 4.69) is 25.6 Å². The summed E-state index contributed by atoms with van der Waals surface area (Å²) in [5.41, 5.74) is 2.41. The lowest BCUT2D eigenvalue weighted by Gasteiger charge is -2.17. The van der Waals surface area contributed by atoms with E-state index in [1.54, 1.807) is 14.2 Å². The Morgan fingerprint density at radius 3 is 2.56 bits per heavy atom. The Kier molecular flexibility index (Phi) is 6.89. The predicted molar refractivity (Wildman–Crippen MR) is 74.5 cm³/mol. The number of benzene rings is 1. The summed E-state index contributed by atoms with van der Waals surface area (Å²) >= 11 is 0. The van der Waals surface area contributed by atoms with E-state index in [0.717, 1.165) is 5.56 Å². The van der Waals surface area contributed by atoms with Gasteiger partial charge in [0.2, 0.25) is 0 Å². The van der Waals surface area contributed by atoms with Crippen molar-refractivity contribution in [1.29, 1.82) is 0 Å². The summed E-state index contributed by atoms with van der Waals surface area (Å²) in [6, 6.07) is 8.22. The standard InChI is InChI=1S/C14H20O3Si/c1-5-12-8-6-7-9-13(12)11(2)10-17-18-14(15-3)16-4/h5-9,11,14H,1,10H2,2-4H3. The van der Waals surface area contributed by atoms with E-state index in [1.165, 1.54) is 5.56 Å². The van der Waals surface area contributed by atoms with Crippen LogP contribution in [0.25, 0.3) is 6.08 Å². The molecule has 0 fully saturated rings. The molecule has 0 aliphatic rings. The third-order valence-corrected chi connectivity index (χ3v) is 3.69. The van der Waals surface area contributed by atoms with Crippen molar-refractivity contribution < 1.29 is 13.9 Å². The molecule has 2 radical (unpaired) electrons. The van der Waals surface area contributed by atoms with E-state index >= 15 is 0 Å². The van der Waals surface area contributed by atoms with Crippen LogP contribution in [0.15, 0.2) is 30.8 Å². The van der Waals surface area contributed by atoms with Gasteiger partial charge in [0.15, 0.2) is 5.91 Å². The molecular weight excluding hydrogens is 244 g/mol. The van der Waals surface area contributed by atoms with Crippen molar-refractivity contribution in [1.82, 2.24) is 0 Å². The first-order valence-electron chi connectivity index (χ1n) is 5.87. The molecule has 0 aliphatic heterocycles. The molecule has 1 rings (SSSR count). The highest BCUT2D eigenvalue weighted by Crippen LogP contribution is 2.20. The average molecular weight is 264 g/mol. The van der Waals surface area contributed by atoms with Crippen LogP contribution in [0.3, 0.4) is 0 Å². The number of hydrogen-bond donors (Lipinski definition) is 0. The quantitative estimate of drug-likeness (QED) is 0.533. The number of methoxy groups -OCH3 is 2. The van der Waals surface area contributed by atoms with Gasteiger partial charge in [0.1, 0.15) is 0 Å². The van der Waals surface area contributed by atoms with Gasteiger partial charge in [0.25, 0.3) is 9.76 Å². The molecule has 98 valence electrons. The van der Waals surface area contributed by atoms with Crippen molar-refractivity contribution in [2.24, 2.45) is 0 Å². The first-order valence-corrected chi connectivity index (χ1v) is 6.85. The molecule has 18 heavy (non-hydrogen) atoms. The Balaban J connectivity index is 2.50. The first kappa shape index (κ1) is 15.1. The second-order valence-corrected chi connectivity index (χ2v) is 4.96. The van der Waals surface area contributed by atoms with E-state index in [0.29, 0.717) is 12.5 Å². The molecule has 0 saturated heterocycles. The van der Waals surface area contributed by atoms with Crippen molar-refractivity contribution in [2.75, 3.05) is 20.8 Å². The zero-order valence-corrected chi connectivity index (χ0v) is 12.2. The second kappa shape index (κ2) is 8.21. The van der Waals surface area contributed by atoms with Gasteiger partial charge in [-0.1, -0.05) is 43.8 Å². The normalized spacial score (nSPS) is 12.7. The molecule has 0 aliphatic carbocycles. The predicted octanol–water partition coefficient (Wildman–Crippen LogP) is 2.65. The largest absolute Gasteiger partial charge is 0.412 e. The Hall–Kier alpha value is -0.943. The van der Waals surface area contributed by atoms with Crippen molar-refractivity contribution >= 4 is 15.8 Å². The summed E-state index contributed by atoms with van der Waals surface area (Å²) in [4.78, 5) is 0. The molecule has 1 aromatic carbocycles. The van der Waals surface area contributed by atoms with Crippen LogP contribution in [0.2, 0.25) is 0 Å². The number of ether oxygens (including phenoxy) is 2. The minimum atomic E-state index is -0.271. The highest BCUT2D eigenvalue weighted by Gasteiger charge is 2.12. The van der Waals surface area contributed by atoms with Crippen LogP contribution in [-0.4, -0.2) is 36.5 Å². The fraction of sp³-hybridized carbons (Fsp3) is 0.429. The van der Waals surface area contributed by atoms with Gasteiger partial charge in [-0.3, -0.25) is 0 Å². The third-order valence-electron chi connectivity index (χ3n) is 2.69. The molecule has 0 saturated carbocycles. The SMILES string of the molecule is C=Cc1ccccc1C(C)CO[Si]C(OC)OC. The molecular formula is C14H20O3Si. The lowest BCUT2D eigenvalue weighted by molar-refractivity contribution is -0.0529. The lowest BCUT2D eigenvalue weighted by Crippen LogP contribution is -2.25. The molecule has 1 atom stereocenters. The van der Waals surface area contributed by atoms with Gasteiger partial charge in [-0.25, -0.2) is 0 Å². The summed E-state index contributed by atoms with van der Waals surface area (Å²) < 4.78 is 15.8. The third kappa shape index (κ3) is 4.38. The van der Waals surface area contributed by atoms with Gasteiger partial charge in [-0.05, 0) is 11.1 Å².